The summed E-state index contributed by atoms with van der Waals surface area (Å²) in [7, 11) is -7.29. The van der Waals surface area contributed by atoms with Crippen LogP contribution in [0.2, 0.25) is 0 Å². The number of sulfonamides is 1. The average molecular weight is 422 g/mol. The molecule has 3 rings (SSSR count). The number of benzene rings is 2. The molecule has 0 unspecified atom stereocenters. The number of anilines is 1. The topological polar surface area (TPSA) is 118 Å². The van der Waals surface area contributed by atoms with Crippen LogP contribution in [0.4, 0.5) is 5.69 Å². The normalized spacial score (nSPS) is 15.3. The first-order valence-corrected chi connectivity index (χ1v) is 11.5. The third-order valence-corrected chi connectivity index (χ3v) is 7.92. The maximum absolute atomic E-state index is 12.4. The average Bonchev–Trinajstić information content (AvgIpc) is 2.87. The molecule has 0 spiro atoms. The summed E-state index contributed by atoms with van der Waals surface area (Å²) in [6, 6.07) is 11.6. The van der Waals surface area contributed by atoms with Crippen molar-refractivity contribution in [1.29, 1.82) is 0 Å². The molecule has 0 aromatic heterocycles. The van der Waals surface area contributed by atoms with Crippen LogP contribution in [-0.4, -0.2) is 45.3 Å². The second kappa shape index (κ2) is 7.36. The smallest absolute Gasteiger partial charge is 0.269 e. The Balaban J connectivity index is 1.65. The molecule has 1 heterocycles. The van der Waals surface area contributed by atoms with Crippen LogP contribution >= 0.6 is 0 Å². The molecule has 2 amide bonds. The largest absolute Gasteiger partial charge is 0.326 e. The van der Waals surface area contributed by atoms with Crippen molar-refractivity contribution in [2.24, 2.45) is 0 Å². The monoisotopic (exact) mass is 422 g/mol. The van der Waals surface area contributed by atoms with E-state index >= 15 is 0 Å². The number of nitrogens with zero attached hydrogens (tertiary/aromatic N) is 1. The fraction of sp³-hybridized carbons (Fsp3) is 0.222. The summed E-state index contributed by atoms with van der Waals surface area (Å²) in [6.07, 6.45) is -0.228. The Morgan fingerprint density at radius 2 is 1.71 bits per heavy atom. The van der Waals surface area contributed by atoms with Crippen molar-refractivity contribution in [1.82, 2.24) is 4.31 Å². The summed E-state index contributed by atoms with van der Waals surface area (Å²) in [4.78, 5) is 24.5. The molecule has 0 fully saturated rings. The Morgan fingerprint density at radius 3 is 2.32 bits per heavy atom. The first-order chi connectivity index (χ1) is 13.2. The second-order valence-corrected chi connectivity index (χ2v) is 10.2. The lowest BCUT2D eigenvalue weighted by Crippen LogP contribution is -2.33. The first kappa shape index (κ1) is 20.0. The molecule has 10 heteroatoms. The van der Waals surface area contributed by atoms with Crippen molar-refractivity contribution < 1.29 is 26.4 Å². The molecule has 1 aliphatic rings. The van der Waals surface area contributed by atoms with Crippen LogP contribution < -0.4 is 5.32 Å². The Hall–Kier alpha value is -2.72. The standard InChI is InChI=1S/C18H18N2O6S2/c1-2-27(23,24)14-9-7-13(8-10-14)19-17(21)11-12-20-18(22)15-5-3-4-6-16(15)28(20,25)26/h3-10H,2,11-12H2,1H3,(H,19,21). The summed E-state index contributed by atoms with van der Waals surface area (Å²) in [5, 5.41) is 2.56. The Labute approximate surface area is 163 Å². The zero-order valence-electron chi connectivity index (χ0n) is 15.0. The van der Waals surface area contributed by atoms with Crippen molar-refractivity contribution in [2.45, 2.75) is 23.1 Å². The van der Waals surface area contributed by atoms with Gasteiger partial charge < -0.3 is 5.32 Å². The number of fused-ring (bicyclic) bond motifs is 1. The highest BCUT2D eigenvalue weighted by atomic mass is 32.2. The molecule has 2 aromatic rings. The Kier molecular flexibility index (Phi) is 5.26. The van der Waals surface area contributed by atoms with E-state index < -0.39 is 31.7 Å². The van der Waals surface area contributed by atoms with Crippen molar-refractivity contribution in [3.63, 3.8) is 0 Å². The van der Waals surface area contributed by atoms with Crippen LogP contribution in [0.15, 0.2) is 58.3 Å². The third-order valence-electron chi connectivity index (χ3n) is 4.33. The highest BCUT2D eigenvalue weighted by Crippen LogP contribution is 2.29. The van der Waals surface area contributed by atoms with E-state index in [0.717, 1.165) is 0 Å². The van der Waals surface area contributed by atoms with Gasteiger partial charge in [-0.3, -0.25) is 9.59 Å². The van der Waals surface area contributed by atoms with E-state index in [4.69, 9.17) is 0 Å². The van der Waals surface area contributed by atoms with Gasteiger partial charge in [0.25, 0.3) is 15.9 Å². The number of carbonyl (C=O) groups is 2. The van der Waals surface area contributed by atoms with Gasteiger partial charge in [0, 0.05) is 18.7 Å². The molecule has 0 bridgehead atoms. The van der Waals surface area contributed by atoms with Crippen molar-refractivity contribution in [2.75, 3.05) is 17.6 Å². The molecule has 28 heavy (non-hydrogen) atoms. The second-order valence-electron chi connectivity index (χ2n) is 6.10. The molecule has 0 aliphatic carbocycles. The number of hydrogen-bond acceptors (Lipinski definition) is 6. The van der Waals surface area contributed by atoms with E-state index in [1.54, 1.807) is 6.07 Å². The molecular formula is C18H18N2O6S2. The quantitative estimate of drug-likeness (QED) is 0.756. The van der Waals surface area contributed by atoms with Gasteiger partial charge in [-0.1, -0.05) is 19.1 Å². The van der Waals surface area contributed by atoms with Crippen LogP contribution in [0.5, 0.6) is 0 Å². The number of carbonyl (C=O) groups excluding carboxylic acids is 2. The van der Waals surface area contributed by atoms with Gasteiger partial charge in [-0.2, -0.15) is 0 Å². The highest BCUT2D eigenvalue weighted by Gasteiger charge is 2.40. The van der Waals surface area contributed by atoms with Gasteiger partial charge in [0.05, 0.1) is 16.2 Å². The van der Waals surface area contributed by atoms with Crippen LogP contribution in [0.1, 0.15) is 23.7 Å². The molecule has 2 aromatic carbocycles. The summed E-state index contributed by atoms with van der Waals surface area (Å²) in [5.74, 6) is -1.18. The molecule has 1 aliphatic heterocycles. The van der Waals surface area contributed by atoms with Gasteiger partial charge >= 0.3 is 0 Å². The van der Waals surface area contributed by atoms with Crippen molar-refractivity contribution in [3.8, 4) is 0 Å². The van der Waals surface area contributed by atoms with Gasteiger partial charge in [0.2, 0.25) is 5.91 Å². The lowest BCUT2D eigenvalue weighted by molar-refractivity contribution is -0.116. The predicted octanol–water partition coefficient (Wildman–Crippen LogP) is 1.65. The molecule has 0 saturated carbocycles. The van der Waals surface area contributed by atoms with E-state index in [1.807, 2.05) is 0 Å². The Morgan fingerprint density at radius 1 is 1.07 bits per heavy atom. The van der Waals surface area contributed by atoms with Crippen molar-refractivity contribution in [3.05, 3.63) is 54.1 Å². The van der Waals surface area contributed by atoms with Gasteiger partial charge in [-0.15, -0.1) is 0 Å². The van der Waals surface area contributed by atoms with E-state index in [1.165, 1.54) is 49.4 Å². The minimum absolute atomic E-state index is 0.0283. The van der Waals surface area contributed by atoms with E-state index in [9.17, 15) is 26.4 Å². The number of hydrogen-bond donors (Lipinski definition) is 1. The van der Waals surface area contributed by atoms with Gasteiger partial charge in [0.15, 0.2) is 9.84 Å². The van der Waals surface area contributed by atoms with Crippen LogP contribution in [0.3, 0.4) is 0 Å². The lowest BCUT2D eigenvalue weighted by Gasteiger charge is -2.14. The van der Waals surface area contributed by atoms with E-state index in [0.29, 0.717) is 9.99 Å². The van der Waals surface area contributed by atoms with Gasteiger partial charge in [-0.25, -0.2) is 21.1 Å². The number of sulfone groups is 1. The molecule has 8 nitrogen and oxygen atoms in total. The van der Waals surface area contributed by atoms with Crippen LogP contribution in [0, 0.1) is 0 Å². The molecular weight excluding hydrogens is 404 g/mol. The van der Waals surface area contributed by atoms with Crippen LogP contribution in [-0.2, 0) is 24.7 Å². The zero-order chi connectivity index (χ0) is 20.5. The third kappa shape index (κ3) is 3.65. The number of rotatable bonds is 6. The number of nitrogens with one attached hydrogen (secondary N) is 1. The fourth-order valence-corrected chi connectivity index (χ4v) is 5.24. The summed E-state index contributed by atoms with van der Waals surface area (Å²) in [6.45, 7) is 1.25. The van der Waals surface area contributed by atoms with Crippen molar-refractivity contribution >= 4 is 37.4 Å². The Bertz CT molecular complexity index is 1140. The lowest BCUT2D eigenvalue weighted by atomic mass is 10.2. The summed E-state index contributed by atoms with van der Waals surface area (Å²) < 4.78 is 49.1. The van der Waals surface area contributed by atoms with E-state index in [2.05, 4.69) is 5.32 Å². The maximum Gasteiger partial charge on any atom is 0.269 e. The van der Waals surface area contributed by atoms with Gasteiger partial charge in [-0.05, 0) is 36.4 Å². The molecule has 0 radical (unpaired) electrons. The van der Waals surface area contributed by atoms with Gasteiger partial charge in [0.1, 0.15) is 4.90 Å². The first-order valence-electron chi connectivity index (χ1n) is 8.45. The molecule has 0 atom stereocenters. The minimum Gasteiger partial charge on any atom is -0.326 e. The predicted molar refractivity (Wildman–Crippen MR) is 102 cm³/mol. The zero-order valence-corrected chi connectivity index (χ0v) is 16.6. The molecule has 0 saturated heterocycles. The summed E-state index contributed by atoms with van der Waals surface area (Å²) in [5.41, 5.74) is 0.467. The number of amides is 2. The van der Waals surface area contributed by atoms with E-state index in [-0.39, 0.29) is 34.1 Å². The SMILES string of the molecule is CCS(=O)(=O)c1ccc(NC(=O)CCN2C(=O)c3ccccc3S2(=O)=O)cc1. The molecule has 1 N–H and O–H groups in total. The minimum atomic E-state index is -3.95. The molecule has 148 valence electrons. The van der Waals surface area contributed by atoms with Crippen LogP contribution in [0.25, 0.3) is 0 Å². The summed E-state index contributed by atoms with van der Waals surface area (Å²) >= 11 is 0. The maximum atomic E-state index is 12.4. The fourth-order valence-electron chi connectivity index (χ4n) is 2.79. The highest BCUT2D eigenvalue weighted by molar-refractivity contribution is 7.91.